The molecule has 10 heteroatoms. The average Bonchev–Trinajstić information content (AvgIpc) is 2.37. The van der Waals surface area contributed by atoms with Gasteiger partial charge in [-0.25, -0.2) is 9.37 Å². The van der Waals surface area contributed by atoms with Crippen molar-refractivity contribution in [3.05, 3.63) is 29.6 Å². The summed E-state index contributed by atoms with van der Waals surface area (Å²) in [5.74, 6) is -1.96. The van der Waals surface area contributed by atoms with Crippen LogP contribution in [-0.4, -0.2) is 16.9 Å². The Kier molecular flexibility index (Phi) is 3.43. The number of hydrogen-bond acceptors (Lipinski definition) is 5. The fourth-order valence-corrected chi connectivity index (χ4v) is 1.76. The summed E-state index contributed by atoms with van der Waals surface area (Å²) in [6.07, 6.45) is 0. The van der Waals surface area contributed by atoms with E-state index in [0.29, 0.717) is 12.1 Å². The monoisotopic (exact) mass is 296 g/mol. The van der Waals surface area contributed by atoms with Crippen LogP contribution in [0.25, 0.3) is 11.3 Å². The van der Waals surface area contributed by atoms with E-state index in [1.807, 2.05) is 0 Å². The van der Waals surface area contributed by atoms with Crippen molar-refractivity contribution in [1.82, 2.24) is 9.97 Å². The van der Waals surface area contributed by atoms with E-state index >= 15 is 0 Å². The van der Waals surface area contributed by atoms with Crippen LogP contribution >= 0.6 is 0 Å². The van der Waals surface area contributed by atoms with Gasteiger partial charge >= 0.3 is 6.98 Å². The molecule has 5 nitrogen and oxygen atoms in total. The summed E-state index contributed by atoms with van der Waals surface area (Å²) in [6.45, 7) is -5.55. The van der Waals surface area contributed by atoms with Gasteiger partial charge in [0.25, 0.3) is 0 Å². The molecule has 0 saturated heterocycles. The number of nitrogen functional groups attached to an aromatic ring is 2. The molecule has 0 fully saturated rings. The van der Waals surface area contributed by atoms with Crippen LogP contribution in [0.1, 0.15) is 5.56 Å². The molecule has 0 aliphatic heterocycles. The fraction of sp³-hybridized carbons (Fsp3) is 0. The summed E-state index contributed by atoms with van der Waals surface area (Å²) in [7, 11) is 0. The van der Waals surface area contributed by atoms with Gasteiger partial charge in [0.05, 0.1) is 11.5 Å². The van der Waals surface area contributed by atoms with Gasteiger partial charge in [-0.2, -0.15) is 10.2 Å². The summed E-state index contributed by atoms with van der Waals surface area (Å²) in [5, 5.41) is 8.99. The first-order valence-electron chi connectivity index (χ1n) is 5.57. The van der Waals surface area contributed by atoms with Crippen molar-refractivity contribution in [2.75, 3.05) is 11.5 Å². The number of nitrogens with zero attached hydrogens (tertiary/aromatic N) is 3. The molecule has 0 unspecified atom stereocenters. The Morgan fingerprint density at radius 2 is 1.81 bits per heavy atom. The largest absolute Gasteiger partial charge is 0.512 e. The maximum absolute atomic E-state index is 13.3. The van der Waals surface area contributed by atoms with Gasteiger partial charge in [0.15, 0.2) is 0 Å². The first kappa shape index (κ1) is 14.6. The zero-order valence-corrected chi connectivity index (χ0v) is 10.3. The zero-order valence-electron chi connectivity index (χ0n) is 10.3. The summed E-state index contributed by atoms with van der Waals surface area (Å²) < 4.78 is 51.6. The van der Waals surface area contributed by atoms with Crippen LogP contribution in [0, 0.1) is 17.1 Å². The Morgan fingerprint density at radius 3 is 2.38 bits per heavy atom. The third kappa shape index (κ3) is 2.71. The topological polar surface area (TPSA) is 102 Å². The molecular weight excluding hydrogens is 289 g/mol. The molecule has 0 amide bonds. The minimum Gasteiger partial charge on any atom is -0.445 e. The Balaban J connectivity index is 2.72. The van der Waals surface area contributed by atoms with Gasteiger partial charge < -0.3 is 24.4 Å². The summed E-state index contributed by atoms with van der Waals surface area (Å²) in [6, 6.07) is 3.96. The fourth-order valence-electron chi connectivity index (χ4n) is 1.76. The quantitative estimate of drug-likeness (QED) is 0.643. The lowest BCUT2D eigenvalue weighted by molar-refractivity contribution is 0.494. The predicted octanol–water partition coefficient (Wildman–Crippen LogP) is 1.37. The molecule has 0 aliphatic rings. The van der Waals surface area contributed by atoms with Crippen LogP contribution in [0.15, 0.2) is 18.2 Å². The summed E-state index contributed by atoms with van der Waals surface area (Å²) in [5.41, 5.74) is 8.91. The predicted molar refractivity (Wildman–Crippen MR) is 69.7 cm³/mol. The number of nitriles is 1. The standard InChI is InChI=1S/C11H7BF4N5/c13-8-2-1-5(3-7(8)12(14,15)16)9-6(4-17)10(18)21-11(19)20-9/h1-3H,(H4,18,19,20,21)/q-1. The lowest BCUT2D eigenvalue weighted by Gasteiger charge is -2.17. The zero-order chi connectivity index (χ0) is 15.8. The van der Waals surface area contributed by atoms with E-state index in [1.165, 1.54) is 0 Å². The Labute approximate surface area is 116 Å². The van der Waals surface area contributed by atoms with Crippen molar-refractivity contribution >= 4 is 24.2 Å². The number of nitrogens with two attached hydrogens (primary N) is 2. The maximum atomic E-state index is 13.3. The van der Waals surface area contributed by atoms with E-state index in [4.69, 9.17) is 16.7 Å². The van der Waals surface area contributed by atoms with Crippen LogP contribution in [0.4, 0.5) is 29.1 Å². The molecule has 0 aliphatic carbocycles. The third-order valence-electron chi connectivity index (χ3n) is 2.69. The van der Waals surface area contributed by atoms with Gasteiger partial charge in [-0.15, -0.1) is 0 Å². The van der Waals surface area contributed by atoms with E-state index in [1.54, 1.807) is 6.07 Å². The Hall–Kier alpha value is -2.83. The summed E-state index contributed by atoms with van der Waals surface area (Å²) >= 11 is 0. The van der Waals surface area contributed by atoms with Gasteiger partial charge in [-0.3, -0.25) is 0 Å². The highest BCUT2D eigenvalue weighted by atomic mass is 19.4. The van der Waals surface area contributed by atoms with Crippen molar-refractivity contribution < 1.29 is 17.3 Å². The van der Waals surface area contributed by atoms with Crippen molar-refractivity contribution in [2.24, 2.45) is 0 Å². The van der Waals surface area contributed by atoms with Crippen molar-refractivity contribution in [3.8, 4) is 17.3 Å². The minimum atomic E-state index is -5.55. The molecule has 1 heterocycles. The maximum Gasteiger partial charge on any atom is 0.512 e. The number of benzene rings is 1. The minimum absolute atomic E-state index is 0.122. The molecule has 1 aromatic carbocycles. The molecule has 4 N–H and O–H groups in total. The first-order valence-corrected chi connectivity index (χ1v) is 5.57. The van der Waals surface area contributed by atoms with Crippen molar-refractivity contribution in [1.29, 1.82) is 5.26 Å². The van der Waals surface area contributed by atoms with Crippen LogP contribution in [0.3, 0.4) is 0 Å². The SMILES string of the molecule is N#Cc1c(N)nc(N)nc1-c1ccc(F)c([B-](F)(F)F)c1. The van der Waals surface area contributed by atoms with E-state index < -0.39 is 18.3 Å². The molecule has 108 valence electrons. The molecule has 0 atom stereocenters. The van der Waals surface area contributed by atoms with Crippen LogP contribution in [-0.2, 0) is 0 Å². The van der Waals surface area contributed by atoms with Crippen LogP contribution < -0.4 is 16.9 Å². The third-order valence-corrected chi connectivity index (χ3v) is 2.69. The molecule has 0 spiro atoms. The highest BCUT2D eigenvalue weighted by Gasteiger charge is 2.29. The van der Waals surface area contributed by atoms with Crippen LogP contribution in [0.2, 0.25) is 0 Å². The second-order valence-electron chi connectivity index (χ2n) is 4.11. The molecule has 1 aromatic heterocycles. The van der Waals surface area contributed by atoms with E-state index in [9.17, 15) is 17.3 Å². The second kappa shape index (κ2) is 4.94. The smallest absolute Gasteiger partial charge is 0.445 e. The lowest BCUT2D eigenvalue weighted by atomic mass is 9.78. The molecule has 0 radical (unpaired) electrons. The van der Waals surface area contributed by atoms with Gasteiger partial charge in [0, 0.05) is 0 Å². The highest BCUT2D eigenvalue weighted by molar-refractivity contribution is 6.73. The van der Waals surface area contributed by atoms with Crippen molar-refractivity contribution in [3.63, 3.8) is 0 Å². The molecule has 21 heavy (non-hydrogen) atoms. The molecular formula is C11H7BF4N5-. The van der Waals surface area contributed by atoms with E-state index in [-0.39, 0.29) is 28.6 Å². The van der Waals surface area contributed by atoms with Gasteiger partial charge in [-0.05, 0) is 11.6 Å². The van der Waals surface area contributed by atoms with Crippen LogP contribution in [0.5, 0.6) is 0 Å². The molecule has 2 rings (SSSR count). The van der Waals surface area contributed by atoms with Gasteiger partial charge in [-0.1, -0.05) is 17.6 Å². The normalized spacial score (nSPS) is 11.2. The molecule has 0 bridgehead atoms. The van der Waals surface area contributed by atoms with Gasteiger partial charge in [0.2, 0.25) is 5.95 Å². The van der Waals surface area contributed by atoms with E-state index in [0.717, 1.165) is 6.07 Å². The first-order chi connectivity index (χ1) is 9.74. The Morgan fingerprint density at radius 1 is 1.14 bits per heavy atom. The molecule has 2 aromatic rings. The van der Waals surface area contributed by atoms with E-state index in [2.05, 4.69) is 9.97 Å². The number of hydrogen-bond donors (Lipinski definition) is 2. The van der Waals surface area contributed by atoms with Gasteiger partial charge in [0.1, 0.15) is 17.5 Å². The summed E-state index contributed by atoms with van der Waals surface area (Å²) in [4.78, 5) is 7.26. The highest BCUT2D eigenvalue weighted by Crippen LogP contribution is 2.26. The lowest BCUT2D eigenvalue weighted by Crippen LogP contribution is -2.36. The number of rotatable bonds is 2. The second-order valence-corrected chi connectivity index (χ2v) is 4.11. The average molecular weight is 296 g/mol. The molecule has 0 saturated carbocycles. The number of anilines is 2. The van der Waals surface area contributed by atoms with Crippen molar-refractivity contribution in [2.45, 2.75) is 0 Å². The Bertz CT molecular complexity index is 753. The number of halogens is 4. The number of aromatic nitrogens is 2.